The van der Waals surface area contributed by atoms with Gasteiger partial charge in [-0.2, -0.15) is 9.50 Å². The second-order valence-electron chi connectivity index (χ2n) is 7.15. The van der Waals surface area contributed by atoms with E-state index in [9.17, 15) is 19.2 Å². The first-order valence-electron chi connectivity index (χ1n) is 9.72. The van der Waals surface area contributed by atoms with Gasteiger partial charge in [0.1, 0.15) is 11.1 Å². The Morgan fingerprint density at radius 3 is 2.45 bits per heavy atom. The molecule has 2 aromatic carbocycles. The molecule has 0 bridgehead atoms. The Balaban J connectivity index is 1.70. The normalized spacial score (nSPS) is 14.6. The van der Waals surface area contributed by atoms with Gasteiger partial charge in [-0.05, 0) is 12.1 Å². The maximum Gasteiger partial charge on any atom is 0.338 e. The SMILES string of the molecule is COC(=O)c1ccccc1-c1nc2s/c(=C3\C(=O)N(CC(N)=O)c4ccccc43)c(=O)n2n1. The zero-order valence-corrected chi connectivity index (χ0v) is 18.0. The number of primary amides is 1. The van der Waals surface area contributed by atoms with E-state index in [0.717, 1.165) is 15.9 Å². The summed E-state index contributed by atoms with van der Waals surface area (Å²) in [5.74, 6) is -1.53. The molecule has 0 radical (unpaired) electrons. The van der Waals surface area contributed by atoms with Crippen LogP contribution >= 0.6 is 11.3 Å². The second-order valence-corrected chi connectivity index (χ2v) is 8.13. The number of fused-ring (bicyclic) bond motifs is 2. The van der Waals surface area contributed by atoms with E-state index >= 15 is 0 Å². The summed E-state index contributed by atoms with van der Waals surface area (Å²) >= 11 is 1.00. The van der Waals surface area contributed by atoms with Crippen LogP contribution in [0.15, 0.2) is 53.3 Å². The summed E-state index contributed by atoms with van der Waals surface area (Å²) < 4.78 is 6.06. The molecule has 0 spiro atoms. The van der Waals surface area contributed by atoms with Crippen molar-refractivity contribution in [1.82, 2.24) is 14.6 Å². The number of carbonyl (C=O) groups is 3. The van der Waals surface area contributed by atoms with Crippen molar-refractivity contribution in [3.8, 4) is 11.4 Å². The van der Waals surface area contributed by atoms with E-state index in [-0.39, 0.29) is 33.0 Å². The third kappa shape index (κ3) is 3.17. The van der Waals surface area contributed by atoms with Crippen LogP contribution in [0.4, 0.5) is 5.69 Å². The van der Waals surface area contributed by atoms with Crippen LogP contribution < -0.4 is 20.7 Å². The molecule has 1 aliphatic rings. The number of thiazole rings is 1. The van der Waals surface area contributed by atoms with Crippen LogP contribution in [0.25, 0.3) is 21.9 Å². The number of hydrogen-bond acceptors (Lipinski definition) is 8. The van der Waals surface area contributed by atoms with Gasteiger partial charge in [-0.1, -0.05) is 47.7 Å². The van der Waals surface area contributed by atoms with Crippen molar-refractivity contribution >= 4 is 45.3 Å². The fraction of sp³-hybridized carbons (Fsp3) is 0.0909. The molecule has 164 valence electrons. The molecule has 1 aliphatic heterocycles. The van der Waals surface area contributed by atoms with Crippen LogP contribution in [0.1, 0.15) is 15.9 Å². The van der Waals surface area contributed by atoms with E-state index in [0.29, 0.717) is 16.8 Å². The van der Waals surface area contributed by atoms with Crippen molar-refractivity contribution in [2.75, 3.05) is 18.6 Å². The number of benzene rings is 2. The molecule has 0 fully saturated rings. The van der Waals surface area contributed by atoms with E-state index in [2.05, 4.69) is 10.1 Å². The lowest BCUT2D eigenvalue weighted by atomic mass is 10.1. The summed E-state index contributed by atoms with van der Waals surface area (Å²) in [5.41, 5.74) is 6.67. The van der Waals surface area contributed by atoms with Crippen molar-refractivity contribution in [2.24, 2.45) is 5.73 Å². The lowest BCUT2D eigenvalue weighted by Crippen LogP contribution is -2.37. The molecule has 0 saturated heterocycles. The van der Waals surface area contributed by atoms with Crippen LogP contribution in [-0.4, -0.2) is 46.0 Å². The predicted octanol–water partition coefficient (Wildman–Crippen LogP) is 0.354. The van der Waals surface area contributed by atoms with E-state index in [4.69, 9.17) is 10.5 Å². The quantitative estimate of drug-likeness (QED) is 0.433. The third-order valence-corrected chi connectivity index (χ3v) is 6.22. The monoisotopic (exact) mass is 461 g/mol. The zero-order valence-electron chi connectivity index (χ0n) is 17.1. The molecule has 2 aromatic heterocycles. The van der Waals surface area contributed by atoms with Gasteiger partial charge in [-0.25, -0.2) is 4.79 Å². The van der Waals surface area contributed by atoms with Gasteiger partial charge in [0.05, 0.1) is 23.9 Å². The van der Waals surface area contributed by atoms with Crippen molar-refractivity contribution in [1.29, 1.82) is 0 Å². The molecule has 10 nitrogen and oxygen atoms in total. The molecule has 2 amide bonds. The molecule has 0 saturated carbocycles. The van der Waals surface area contributed by atoms with Gasteiger partial charge in [0.15, 0.2) is 5.82 Å². The van der Waals surface area contributed by atoms with Gasteiger partial charge in [-0.3, -0.25) is 19.3 Å². The zero-order chi connectivity index (χ0) is 23.3. The predicted molar refractivity (Wildman–Crippen MR) is 120 cm³/mol. The molecule has 33 heavy (non-hydrogen) atoms. The third-order valence-electron chi connectivity index (χ3n) is 5.19. The Labute approximate surface area is 189 Å². The topological polar surface area (TPSA) is 137 Å². The van der Waals surface area contributed by atoms with Crippen LogP contribution in [0.3, 0.4) is 0 Å². The minimum Gasteiger partial charge on any atom is -0.465 e. The lowest BCUT2D eigenvalue weighted by molar-refractivity contribution is -0.119. The lowest BCUT2D eigenvalue weighted by Gasteiger charge is -2.14. The molecule has 0 unspecified atom stereocenters. The van der Waals surface area contributed by atoms with Gasteiger partial charge in [0, 0.05) is 11.1 Å². The molecule has 0 aliphatic carbocycles. The number of esters is 1. The highest BCUT2D eigenvalue weighted by Crippen LogP contribution is 2.35. The van der Waals surface area contributed by atoms with Gasteiger partial charge >= 0.3 is 5.97 Å². The molecule has 11 heteroatoms. The highest BCUT2D eigenvalue weighted by Gasteiger charge is 2.35. The van der Waals surface area contributed by atoms with Crippen molar-refractivity contribution in [3.05, 3.63) is 74.5 Å². The van der Waals surface area contributed by atoms with Crippen LogP contribution in [0, 0.1) is 0 Å². The van der Waals surface area contributed by atoms with Gasteiger partial charge < -0.3 is 10.5 Å². The van der Waals surface area contributed by atoms with Crippen molar-refractivity contribution < 1.29 is 19.1 Å². The number of methoxy groups -OCH3 is 1. The van der Waals surface area contributed by atoms with Crippen molar-refractivity contribution in [3.63, 3.8) is 0 Å². The van der Waals surface area contributed by atoms with Crippen LogP contribution in [0.2, 0.25) is 0 Å². The standard InChI is InChI=1S/C22H15N5O5S/c1-32-21(31)12-7-3-2-6-11(12)18-24-22-27(25-18)20(30)17(33-22)16-13-8-4-5-9-14(13)26(19(16)29)10-15(23)28/h2-9H,10H2,1H3,(H2,23,28)/b17-16-. The van der Waals surface area contributed by atoms with E-state index in [1.807, 2.05) is 0 Å². The van der Waals surface area contributed by atoms with Crippen LogP contribution in [-0.2, 0) is 14.3 Å². The maximum absolute atomic E-state index is 13.2. The first-order chi connectivity index (χ1) is 15.9. The van der Waals surface area contributed by atoms with Crippen molar-refractivity contribution in [2.45, 2.75) is 0 Å². The number of rotatable bonds is 4. The molecular weight excluding hydrogens is 446 g/mol. The Hall–Kier alpha value is -4.38. The molecule has 5 rings (SSSR count). The molecule has 0 atom stereocenters. The Bertz CT molecular complexity index is 1590. The second kappa shape index (κ2) is 7.64. The van der Waals surface area contributed by atoms with Gasteiger partial charge in [-0.15, -0.1) is 5.10 Å². The average molecular weight is 461 g/mol. The number of hydrogen-bond donors (Lipinski definition) is 1. The number of ether oxygens (including phenoxy) is 1. The molecule has 3 heterocycles. The largest absolute Gasteiger partial charge is 0.465 e. The number of para-hydroxylation sites is 1. The smallest absolute Gasteiger partial charge is 0.338 e. The Morgan fingerprint density at radius 2 is 1.76 bits per heavy atom. The van der Waals surface area contributed by atoms with Gasteiger partial charge in [0.25, 0.3) is 11.5 Å². The van der Waals surface area contributed by atoms with Gasteiger partial charge in [0.2, 0.25) is 10.9 Å². The highest BCUT2D eigenvalue weighted by molar-refractivity contribution is 7.15. The Morgan fingerprint density at radius 1 is 1.06 bits per heavy atom. The number of nitrogens with zero attached hydrogens (tertiary/aromatic N) is 4. The summed E-state index contributed by atoms with van der Waals surface area (Å²) in [6.45, 7) is -0.303. The highest BCUT2D eigenvalue weighted by atomic mass is 32.1. The number of nitrogens with two attached hydrogens (primary N) is 1. The fourth-order valence-corrected chi connectivity index (χ4v) is 4.78. The first-order valence-corrected chi connectivity index (χ1v) is 10.5. The summed E-state index contributed by atoms with van der Waals surface area (Å²) in [6, 6.07) is 13.5. The molecule has 2 N–H and O–H groups in total. The first kappa shape index (κ1) is 20.5. The molecular formula is C22H15N5O5S. The minimum absolute atomic E-state index is 0.155. The number of carbonyl (C=O) groups excluding carboxylic acids is 3. The number of anilines is 1. The number of aromatic nitrogens is 3. The summed E-state index contributed by atoms with van der Waals surface area (Å²) in [5, 5.41) is 4.28. The summed E-state index contributed by atoms with van der Waals surface area (Å²) in [7, 11) is 1.27. The number of amides is 2. The minimum atomic E-state index is -0.668. The Kier molecular flexibility index (Phi) is 4.75. The average Bonchev–Trinajstić information content (AvgIpc) is 3.44. The maximum atomic E-state index is 13.2. The van der Waals surface area contributed by atoms with E-state index in [1.54, 1.807) is 48.5 Å². The summed E-state index contributed by atoms with van der Waals surface area (Å²) in [4.78, 5) is 55.9. The van der Waals surface area contributed by atoms with E-state index < -0.39 is 23.3 Å². The fourth-order valence-electron chi connectivity index (χ4n) is 3.78. The molecule has 4 aromatic rings. The van der Waals surface area contributed by atoms with Crippen LogP contribution in [0.5, 0.6) is 0 Å². The van der Waals surface area contributed by atoms with E-state index in [1.165, 1.54) is 12.0 Å². The summed E-state index contributed by atoms with van der Waals surface area (Å²) in [6.07, 6.45) is 0.